The Labute approximate surface area is 167 Å². The Kier molecular flexibility index (Phi) is 5.81. The number of rotatable bonds is 4. The number of amides is 1. The highest BCUT2D eigenvalue weighted by atomic mass is 16.5. The molecule has 0 radical (unpaired) electrons. The Morgan fingerprint density at radius 2 is 1.64 bits per heavy atom. The quantitative estimate of drug-likeness (QED) is 0.818. The molecule has 0 bridgehead atoms. The Hall–Kier alpha value is -2.53. The van der Waals surface area contributed by atoms with Gasteiger partial charge in [-0.1, -0.05) is 30.3 Å². The van der Waals surface area contributed by atoms with Crippen LogP contribution >= 0.6 is 0 Å². The summed E-state index contributed by atoms with van der Waals surface area (Å²) in [4.78, 5) is 19.8. The van der Waals surface area contributed by atoms with Crippen LogP contribution in [0.1, 0.15) is 23.2 Å². The van der Waals surface area contributed by atoms with E-state index in [0.717, 1.165) is 57.0 Å². The third-order valence-corrected chi connectivity index (χ3v) is 5.96. The number of piperazine rings is 1. The SMILES string of the molecule is COc1ccccc1N1CCN([C@@H]2CCCN(C(=O)c3ccccc3)C2)CC1. The molecule has 5 heteroatoms. The van der Waals surface area contributed by atoms with Gasteiger partial charge in [-0.25, -0.2) is 0 Å². The molecule has 28 heavy (non-hydrogen) atoms. The van der Waals surface area contributed by atoms with Gasteiger partial charge in [0, 0.05) is 50.9 Å². The average Bonchev–Trinajstić information content (AvgIpc) is 2.79. The van der Waals surface area contributed by atoms with E-state index in [2.05, 4.69) is 21.9 Å². The zero-order valence-corrected chi connectivity index (χ0v) is 16.6. The fraction of sp³-hybridized carbons (Fsp3) is 0.435. The van der Waals surface area contributed by atoms with Crippen LogP contribution in [0.4, 0.5) is 5.69 Å². The van der Waals surface area contributed by atoms with Gasteiger partial charge in [0.05, 0.1) is 12.8 Å². The maximum atomic E-state index is 12.8. The Bertz CT molecular complexity index is 787. The molecule has 2 fully saturated rings. The second-order valence-corrected chi connectivity index (χ2v) is 7.61. The van der Waals surface area contributed by atoms with Crippen molar-refractivity contribution in [2.45, 2.75) is 18.9 Å². The number of piperidine rings is 1. The van der Waals surface area contributed by atoms with E-state index in [1.807, 2.05) is 47.4 Å². The summed E-state index contributed by atoms with van der Waals surface area (Å²) in [7, 11) is 1.73. The minimum Gasteiger partial charge on any atom is -0.495 e. The van der Waals surface area contributed by atoms with Gasteiger partial charge in [0.1, 0.15) is 5.75 Å². The molecule has 2 heterocycles. The number of likely N-dealkylation sites (tertiary alicyclic amines) is 1. The van der Waals surface area contributed by atoms with E-state index < -0.39 is 0 Å². The highest BCUT2D eigenvalue weighted by molar-refractivity contribution is 5.94. The van der Waals surface area contributed by atoms with Crippen molar-refractivity contribution >= 4 is 11.6 Å². The largest absolute Gasteiger partial charge is 0.495 e. The third kappa shape index (κ3) is 3.99. The summed E-state index contributed by atoms with van der Waals surface area (Å²) in [6.07, 6.45) is 2.25. The average molecular weight is 380 g/mol. The summed E-state index contributed by atoms with van der Waals surface area (Å²) < 4.78 is 5.52. The molecule has 148 valence electrons. The maximum absolute atomic E-state index is 12.8. The first-order valence-electron chi connectivity index (χ1n) is 10.2. The van der Waals surface area contributed by atoms with Crippen LogP contribution in [-0.4, -0.2) is 68.1 Å². The molecule has 0 aromatic heterocycles. The minimum absolute atomic E-state index is 0.165. The topological polar surface area (TPSA) is 36.0 Å². The van der Waals surface area contributed by atoms with E-state index in [9.17, 15) is 4.79 Å². The highest BCUT2D eigenvalue weighted by Crippen LogP contribution is 2.29. The van der Waals surface area contributed by atoms with Crippen molar-refractivity contribution in [2.75, 3.05) is 51.3 Å². The third-order valence-electron chi connectivity index (χ3n) is 5.96. The lowest BCUT2D eigenvalue weighted by Crippen LogP contribution is -2.55. The monoisotopic (exact) mass is 379 g/mol. The van der Waals surface area contributed by atoms with Crippen molar-refractivity contribution in [3.8, 4) is 5.75 Å². The van der Waals surface area contributed by atoms with Crippen LogP contribution in [0.3, 0.4) is 0 Å². The maximum Gasteiger partial charge on any atom is 0.253 e. The number of carbonyl (C=O) groups excluding carboxylic acids is 1. The number of hydrogen-bond donors (Lipinski definition) is 0. The number of benzene rings is 2. The number of ether oxygens (including phenoxy) is 1. The second kappa shape index (κ2) is 8.65. The smallest absolute Gasteiger partial charge is 0.253 e. The number of para-hydroxylation sites is 2. The molecule has 2 aromatic rings. The molecule has 0 unspecified atom stereocenters. The Balaban J connectivity index is 1.36. The lowest BCUT2D eigenvalue weighted by molar-refractivity contribution is 0.0563. The molecule has 2 aliphatic rings. The van der Waals surface area contributed by atoms with E-state index in [-0.39, 0.29) is 5.91 Å². The number of carbonyl (C=O) groups is 1. The van der Waals surface area contributed by atoms with Gasteiger partial charge in [-0.05, 0) is 37.1 Å². The van der Waals surface area contributed by atoms with E-state index in [0.29, 0.717) is 6.04 Å². The van der Waals surface area contributed by atoms with Gasteiger partial charge in [0.2, 0.25) is 0 Å². The minimum atomic E-state index is 0.165. The van der Waals surface area contributed by atoms with Crippen molar-refractivity contribution in [2.24, 2.45) is 0 Å². The van der Waals surface area contributed by atoms with Crippen LogP contribution in [-0.2, 0) is 0 Å². The van der Waals surface area contributed by atoms with Gasteiger partial charge in [-0.15, -0.1) is 0 Å². The molecule has 1 atom stereocenters. The number of hydrogen-bond acceptors (Lipinski definition) is 4. The fourth-order valence-electron chi connectivity index (χ4n) is 4.42. The predicted octanol–water partition coefficient (Wildman–Crippen LogP) is 3.12. The summed E-state index contributed by atoms with van der Waals surface area (Å²) >= 11 is 0. The molecule has 2 saturated heterocycles. The summed E-state index contributed by atoms with van der Waals surface area (Å²) in [5.41, 5.74) is 1.97. The first-order chi connectivity index (χ1) is 13.8. The Morgan fingerprint density at radius 1 is 0.929 bits per heavy atom. The van der Waals surface area contributed by atoms with Gasteiger partial charge in [-0.3, -0.25) is 9.69 Å². The normalized spacial score (nSPS) is 20.8. The summed E-state index contributed by atoms with van der Waals surface area (Å²) in [5, 5.41) is 0. The molecule has 2 aromatic carbocycles. The van der Waals surface area contributed by atoms with Gasteiger partial charge in [0.15, 0.2) is 0 Å². The van der Waals surface area contributed by atoms with Gasteiger partial charge in [0.25, 0.3) is 5.91 Å². The van der Waals surface area contributed by atoms with Crippen molar-refractivity contribution in [1.82, 2.24) is 9.80 Å². The van der Waals surface area contributed by atoms with E-state index in [4.69, 9.17) is 4.74 Å². The molecular weight excluding hydrogens is 350 g/mol. The zero-order chi connectivity index (χ0) is 19.3. The standard InChI is InChI=1S/C23H29N3O2/c1-28-22-12-6-5-11-21(22)25-16-14-24(15-17-25)20-10-7-13-26(18-20)23(27)19-8-3-2-4-9-19/h2-6,8-9,11-12,20H,7,10,13-18H2,1H3/t20-/m1/s1. The number of nitrogens with zero attached hydrogens (tertiary/aromatic N) is 3. The number of anilines is 1. The summed E-state index contributed by atoms with van der Waals surface area (Å²) in [6, 6.07) is 18.4. The lowest BCUT2D eigenvalue weighted by Gasteiger charge is -2.44. The first kappa shape index (κ1) is 18.8. The van der Waals surface area contributed by atoms with Gasteiger partial charge in [-0.2, -0.15) is 0 Å². The molecule has 0 aliphatic carbocycles. The summed E-state index contributed by atoms with van der Waals surface area (Å²) in [5.74, 6) is 1.10. The lowest BCUT2D eigenvalue weighted by atomic mass is 10.0. The van der Waals surface area contributed by atoms with E-state index >= 15 is 0 Å². The molecule has 0 spiro atoms. The molecule has 2 aliphatic heterocycles. The van der Waals surface area contributed by atoms with Crippen LogP contribution < -0.4 is 9.64 Å². The van der Waals surface area contributed by atoms with Crippen LogP contribution in [0.25, 0.3) is 0 Å². The number of methoxy groups -OCH3 is 1. The fourth-order valence-corrected chi connectivity index (χ4v) is 4.42. The van der Waals surface area contributed by atoms with Crippen LogP contribution in [0.2, 0.25) is 0 Å². The van der Waals surface area contributed by atoms with E-state index in [1.54, 1.807) is 7.11 Å². The Morgan fingerprint density at radius 3 is 2.39 bits per heavy atom. The van der Waals surface area contributed by atoms with Crippen molar-refractivity contribution in [1.29, 1.82) is 0 Å². The highest BCUT2D eigenvalue weighted by Gasteiger charge is 2.30. The van der Waals surface area contributed by atoms with Crippen molar-refractivity contribution in [3.63, 3.8) is 0 Å². The van der Waals surface area contributed by atoms with Crippen LogP contribution in [0.15, 0.2) is 54.6 Å². The van der Waals surface area contributed by atoms with Crippen molar-refractivity contribution < 1.29 is 9.53 Å². The first-order valence-corrected chi connectivity index (χ1v) is 10.2. The molecule has 5 nitrogen and oxygen atoms in total. The molecule has 4 rings (SSSR count). The zero-order valence-electron chi connectivity index (χ0n) is 16.6. The van der Waals surface area contributed by atoms with Crippen LogP contribution in [0.5, 0.6) is 5.75 Å². The molecule has 1 amide bonds. The van der Waals surface area contributed by atoms with E-state index in [1.165, 1.54) is 12.1 Å². The predicted molar refractivity (Wildman–Crippen MR) is 112 cm³/mol. The van der Waals surface area contributed by atoms with Gasteiger partial charge >= 0.3 is 0 Å². The molecule has 0 N–H and O–H groups in total. The molecular formula is C23H29N3O2. The van der Waals surface area contributed by atoms with Crippen LogP contribution in [0, 0.1) is 0 Å². The van der Waals surface area contributed by atoms with Gasteiger partial charge < -0.3 is 14.5 Å². The molecule has 0 saturated carbocycles. The van der Waals surface area contributed by atoms with Crippen molar-refractivity contribution in [3.05, 3.63) is 60.2 Å². The summed E-state index contributed by atoms with van der Waals surface area (Å²) in [6.45, 7) is 5.73. The second-order valence-electron chi connectivity index (χ2n) is 7.61.